The van der Waals surface area contributed by atoms with Gasteiger partial charge in [0.25, 0.3) is 0 Å². The quantitative estimate of drug-likeness (QED) is 0.710. The number of rotatable bonds is 4. The average Bonchev–Trinajstić information content (AvgIpc) is 2.15. The van der Waals surface area contributed by atoms with E-state index in [1.165, 1.54) is 12.8 Å². The van der Waals surface area contributed by atoms with Gasteiger partial charge in [-0.2, -0.15) is 0 Å². The van der Waals surface area contributed by atoms with Crippen LogP contribution >= 0.6 is 0 Å². The van der Waals surface area contributed by atoms with Crippen LogP contribution in [0, 0.1) is 0 Å². The number of nitrogens with zero attached hydrogens (tertiary/aromatic N) is 1. The Balaban J connectivity index is 2.36. The zero-order chi connectivity index (χ0) is 10.6. The normalized spacial score (nSPS) is 30.6. The van der Waals surface area contributed by atoms with Gasteiger partial charge in [-0.15, -0.1) is 0 Å². The van der Waals surface area contributed by atoms with E-state index in [4.69, 9.17) is 5.73 Å². The molecule has 0 heterocycles. The van der Waals surface area contributed by atoms with Crippen LogP contribution in [-0.2, 0) is 0 Å². The smallest absolute Gasteiger partial charge is 0.0639 e. The molecule has 0 aromatic carbocycles. The summed E-state index contributed by atoms with van der Waals surface area (Å²) in [6.45, 7) is 5.86. The lowest BCUT2D eigenvalue weighted by atomic mass is 9.90. The summed E-state index contributed by atoms with van der Waals surface area (Å²) in [6.07, 6.45) is 4.45. The second-order valence-corrected chi connectivity index (χ2v) is 4.51. The number of nitrogens with two attached hydrogens (primary N) is 1. The van der Waals surface area contributed by atoms with Crippen molar-refractivity contribution in [3.05, 3.63) is 0 Å². The number of aliphatic hydroxyl groups excluding tert-OH is 1. The molecule has 3 nitrogen and oxygen atoms in total. The van der Waals surface area contributed by atoms with Crippen molar-refractivity contribution >= 4 is 0 Å². The molecule has 1 aliphatic carbocycles. The van der Waals surface area contributed by atoms with Gasteiger partial charge in [0.1, 0.15) is 0 Å². The lowest BCUT2D eigenvalue weighted by molar-refractivity contribution is 0.0843. The molecular weight excluding hydrogens is 176 g/mol. The van der Waals surface area contributed by atoms with Crippen LogP contribution in [0.2, 0.25) is 0 Å². The van der Waals surface area contributed by atoms with Crippen LogP contribution in [0.5, 0.6) is 0 Å². The number of likely N-dealkylation sites (N-methyl/N-ethyl adjacent to an activating group) is 1. The second-order valence-electron chi connectivity index (χ2n) is 4.51. The van der Waals surface area contributed by atoms with Crippen molar-refractivity contribution in [2.24, 2.45) is 5.73 Å². The zero-order valence-corrected chi connectivity index (χ0v) is 9.45. The minimum Gasteiger partial charge on any atom is -0.392 e. The van der Waals surface area contributed by atoms with Gasteiger partial charge < -0.3 is 10.8 Å². The van der Waals surface area contributed by atoms with Crippen molar-refractivity contribution in [1.82, 2.24) is 4.90 Å². The molecule has 0 spiro atoms. The Morgan fingerprint density at radius 3 is 2.36 bits per heavy atom. The molecule has 0 saturated heterocycles. The SMILES string of the molecule is CCN(C[C@@H](C)O)C1CCC(N)CC1. The van der Waals surface area contributed by atoms with E-state index in [1.807, 2.05) is 6.92 Å². The molecule has 1 aliphatic rings. The minimum absolute atomic E-state index is 0.217. The van der Waals surface area contributed by atoms with Gasteiger partial charge in [-0.1, -0.05) is 6.92 Å². The topological polar surface area (TPSA) is 49.5 Å². The summed E-state index contributed by atoms with van der Waals surface area (Å²) in [4.78, 5) is 2.39. The Kier molecular flexibility index (Phi) is 4.85. The van der Waals surface area contributed by atoms with E-state index in [1.54, 1.807) is 0 Å². The van der Waals surface area contributed by atoms with E-state index in [-0.39, 0.29) is 6.10 Å². The highest BCUT2D eigenvalue weighted by Gasteiger charge is 2.23. The first-order valence-corrected chi connectivity index (χ1v) is 5.81. The average molecular weight is 200 g/mol. The van der Waals surface area contributed by atoms with E-state index in [9.17, 15) is 5.11 Å². The predicted molar refractivity (Wildman–Crippen MR) is 59.2 cm³/mol. The van der Waals surface area contributed by atoms with Crippen LogP contribution in [-0.4, -0.2) is 41.3 Å². The number of hydrogen-bond donors (Lipinski definition) is 2. The molecule has 1 atom stereocenters. The maximum Gasteiger partial charge on any atom is 0.0639 e. The van der Waals surface area contributed by atoms with Gasteiger partial charge in [-0.25, -0.2) is 0 Å². The van der Waals surface area contributed by atoms with Crippen LogP contribution in [0.3, 0.4) is 0 Å². The largest absolute Gasteiger partial charge is 0.392 e. The summed E-state index contributed by atoms with van der Waals surface area (Å²) < 4.78 is 0. The monoisotopic (exact) mass is 200 g/mol. The first-order chi connectivity index (χ1) is 6.63. The molecule has 1 saturated carbocycles. The predicted octanol–water partition coefficient (Wildman–Crippen LogP) is 0.959. The van der Waals surface area contributed by atoms with Gasteiger partial charge >= 0.3 is 0 Å². The molecule has 0 aromatic rings. The third-order valence-corrected chi connectivity index (χ3v) is 3.16. The molecule has 1 fully saturated rings. The fourth-order valence-electron chi connectivity index (χ4n) is 2.34. The third-order valence-electron chi connectivity index (χ3n) is 3.16. The Bertz CT molecular complexity index is 153. The standard InChI is InChI=1S/C11H24N2O/c1-3-13(8-9(2)14)11-6-4-10(12)5-7-11/h9-11,14H,3-8,12H2,1-2H3/t9-,10?,11?/m1/s1. The van der Waals surface area contributed by atoms with Gasteiger partial charge in [-0.05, 0) is 39.2 Å². The van der Waals surface area contributed by atoms with E-state index in [2.05, 4.69) is 11.8 Å². The Labute approximate surface area is 87.3 Å². The van der Waals surface area contributed by atoms with Crippen molar-refractivity contribution in [3.63, 3.8) is 0 Å². The lowest BCUT2D eigenvalue weighted by Gasteiger charge is -2.36. The van der Waals surface area contributed by atoms with Crippen molar-refractivity contribution < 1.29 is 5.11 Å². The van der Waals surface area contributed by atoms with Gasteiger partial charge in [0, 0.05) is 18.6 Å². The number of aliphatic hydroxyl groups is 1. The van der Waals surface area contributed by atoms with Crippen LogP contribution in [0.1, 0.15) is 39.5 Å². The molecule has 84 valence electrons. The summed E-state index contributed by atoms with van der Waals surface area (Å²) in [6, 6.07) is 1.06. The molecular formula is C11H24N2O. The summed E-state index contributed by atoms with van der Waals surface area (Å²) >= 11 is 0. The van der Waals surface area contributed by atoms with Crippen molar-refractivity contribution in [2.45, 2.75) is 57.7 Å². The van der Waals surface area contributed by atoms with E-state index in [0.29, 0.717) is 12.1 Å². The number of hydrogen-bond acceptors (Lipinski definition) is 3. The van der Waals surface area contributed by atoms with Crippen LogP contribution in [0.25, 0.3) is 0 Å². The molecule has 14 heavy (non-hydrogen) atoms. The van der Waals surface area contributed by atoms with E-state index < -0.39 is 0 Å². The van der Waals surface area contributed by atoms with Crippen LogP contribution < -0.4 is 5.73 Å². The molecule has 0 unspecified atom stereocenters. The highest BCUT2D eigenvalue weighted by Crippen LogP contribution is 2.21. The van der Waals surface area contributed by atoms with E-state index in [0.717, 1.165) is 25.9 Å². The van der Waals surface area contributed by atoms with Gasteiger partial charge in [0.05, 0.1) is 6.10 Å². The molecule has 0 amide bonds. The summed E-state index contributed by atoms with van der Waals surface area (Å²) in [7, 11) is 0. The molecule has 1 rings (SSSR count). The maximum absolute atomic E-state index is 9.37. The van der Waals surface area contributed by atoms with Crippen LogP contribution in [0.15, 0.2) is 0 Å². The minimum atomic E-state index is -0.217. The highest BCUT2D eigenvalue weighted by atomic mass is 16.3. The van der Waals surface area contributed by atoms with Crippen molar-refractivity contribution in [1.29, 1.82) is 0 Å². The summed E-state index contributed by atoms with van der Waals surface area (Å²) in [5, 5.41) is 9.37. The highest BCUT2D eigenvalue weighted by molar-refractivity contribution is 4.81. The van der Waals surface area contributed by atoms with Crippen molar-refractivity contribution in [2.75, 3.05) is 13.1 Å². The Hall–Kier alpha value is -0.120. The fraction of sp³-hybridized carbons (Fsp3) is 1.00. The van der Waals surface area contributed by atoms with Crippen molar-refractivity contribution in [3.8, 4) is 0 Å². The summed E-state index contributed by atoms with van der Waals surface area (Å²) in [5.41, 5.74) is 5.87. The molecule has 3 heteroatoms. The van der Waals surface area contributed by atoms with E-state index >= 15 is 0 Å². The second kappa shape index (κ2) is 5.69. The molecule has 3 N–H and O–H groups in total. The molecule has 0 aliphatic heterocycles. The Morgan fingerprint density at radius 2 is 1.93 bits per heavy atom. The molecule has 0 radical (unpaired) electrons. The fourth-order valence-corrected chi connectivity index (χ4v) is 2.34. The van der Waals surface area contributed by atoms with Gasteiger partial charge in [0.2, 0.25) is 0 Å². The molecule has 0 bridgehead atoms. The maximum atomic E-state index is 9.37. The van der Waals surface area contributed by atoms with Gasteiger partial charge in [-0.3, -0.25) is 4.90 Å². The molecule has 0 aromatic heterocycles. The first kappa shape index (κ1) is 12.0. The van der Waals surface area contributed by atoms with Crippen LogP contribution in [0.4, 0.5) is 0 Å². The Morgan fingerprint density at radius 1 is 1.36 bits per heavy atom. The third kappa shape index (κ3) is 3.56. The zero-order valence-electron chi connectivity index (χ0n) is 9.45. The van der Waals surface area contributed by atoms with Gasteiger partial charge in [0.15, 0.2) is 0 Å². The summed E-state index contributed by atoms with van der Waals surface area (Å²) in [5.74, 6) is 0. The lowest BCUT2D eigenvalue weighted by Crippen LogP contribution is -2.43. The first-order valence-electron chi connectivity index (χ1n) is 5.81.